The number of rotatable bonds is 4. The maximum atomic E-state index is 5.01. The van der Waals surface area contributed by atoms with Crippen molar-refractivity contribution in [1.29, 1.82) is 0 Å². The van der Waals surface area contributed by atoms with Crippen LogP contribution >= 0.6 is 0 Å². The number of aromatic nitrogens is 3. The summed E-state index contributed by atoms with van der Waals surface area (Å²) in [6.07, 6.45) is 5.07. The van der Waals surface area contributed by atoms with Crippen molar-refractivity contribution < 1.29 is 0 Å². The fourth-order valence-corrected chi connectivity index (χ4v) is 4.24. The molecule has 1 aliphatic carbocycles. The molecule has 2 N–H and O–H groups in total. The van der Waals surface area contributed by atoms with E-state index in [2.05, 4.69) is 59.7 Å². The van der Waals surface area contributed by atoms with Crippen LogP contribution in [0.4, 0.5) is 5.82 Å². The highest BCUT2D eigenvalue weighted by atomic mass is 15.1. The number of hydrogen-bond acceptors (Lipinski definition) is 3. The van der Waals surface area contributed by atoms with Crippen LogP contribution < -0.4 is 5.32 Å². The van der Waals surface area contributed by atoms with E-state index in [4.69, 9.17) is 9.97 Å². The van der Waals surface area contributed by atoms with Crippen molar-refractivity contribution in [3.8, 4) is 0 Å². The zero-order valence-corrected chi connectivity index (χ0v) is 15.6. The molecule has 4 aromatic rings. The fourth-order valence-electron chi connectivity index (χ4n) is 4.24. The lowest BCUT2D eigenvalue weighted by molar-refractivity contribution is 0.681. The van der Waals surface area contributed by atoms with Gasteiger partial charge in [0, 0.05) is 11.3 Å². The molecule has 0 aliphatic heterocycles. The van der Waals surface area contributed by atoms with Crippen LogP contribution in [0.2, 0.25) is 0 Å². The summed E-state index contributed by atoms with van der Waals surface area (Å²) in [4.78, 5) is 13.6. The molecule has 0 spiro atoms. The molecule has 1 unspecified atom stereocenters. The van der Waals surface area contributed by atoms with E-state index >= 15 is 0 Å². The number of benzene rings is 2. The third-order valence-corrected chi connectivity index (χ3v) is 5.75. The van der Waals surface area contributed by atoms with Gasteiger partial charge >= 0.3 is 0 Å². The summed E-state index contributed by atoms with van der Waals surface area (Å²) in [6, 6.07) is 19.0. The molecule has 1 aliphatic rings. The van der Waals surface area contributed by atoms with Gasteiger partial charge in [-0.1, -0.05) is 61.4 Å². The van der Waals surface area contributed by atoms with E-state index in [9.17, 15) is 0 Å². The van der Waals surface area contributed by atoms with Gasteiger partial charge in [0.15, 0.2) is 5.82 Å². The first kappa shape index (κ1) is 16.3. The lowest BCUT2D eigenvalue weighted by Gasteiger charge is -2.16. The van der Waals surface area contributed by atoms with Gasteiger partial charge in [0.25, 0.3) is 0 Å². The molecule has 1 atom stereocenters. The van der Waals surface area contributed by atoms with Crippen molar-refractivity contribution in [1.82, 2.24) is 15.0 Å². The number of hydrogen-bond donors (Lipinski definition) is 2. The van der Waals surface area contributed by atoms with Crippen molar-refractivity contribution >= 4 is 27.8 Å². The van der Waals surface area contributed by atoms with E-state index in [-0.39, 0.29) is 6.04 Å². The van der Waals surface area contributed by atoms with Crippen LogP contribution in [0, 0.1) is 0 Å². The van der Waals surface area contributed by atoms with E-state index < -0.39 is 0 Å². The Morgan fingerprint density at radius 2 is 1.70 bits per heavy atom. The van der Waals surface area contributed by atoms with Gasteiger partial charge in [-0.15, -0.1) is 0 Å². The minimum atomic E-state index is 0.162. The average molecular weight is 356 g/mol. The molecule has 5 rings (SSSR count). The van der Waals surface area contributed by atoms with Crippen LogP contribution in [0.5, 0.6) is 0 Å². The second kappa shape index (κ2) is 6.69. The van der Waals surface area contributed by atoms with Crippen molar-refractivity contribution in [2.45, 2.75) is 44.6 Å². The molecule has 136 valence electrons. The minimum Gasteiger partial charge on any atom is -0.362 e. The molecule has 0 amide bonds. The van der Waals surface area contributed by atoms with Gasteiger partial charge < -0.3 is 10.3 Å². The van der Waals surface area contributed by atoms with Gasteiger partial charge in [-0.2, -0.15) is 0 Å². The SMILES string of the molecule is CC(Nc1nc2ccccc2c2[nH]c(C3CCCC3)nc12)c1ccccc1. The Hall–Kier alpha value is -2.88. The van der Waals surface area contributed by atoms with E-state index in [1.54, 1.807) is 0 Å². The number of nitrogens with zero attached hydrogens (tertiary/aromatic N) is 2. The zero-order chi connectivity index (χ0) is 18.2. The van der Waals surface area contributed by atoms with E-state index in [1.807, 2.05) is 12.1 Å². The van der Waals surface area contributed by atoms with Crippen molar-refractivity contribution in [3.05, 3.63) is 66.0 Å². The van der Waals surface area contributed by atoms with Crippen LogP contribution in [0.25, 0.3) is 21.9 Å². The third-order valence-electron chi connectivity index (χ3n) is 5.75. The van der Waals surface area contributed by atoms with Gasteiger partial charge in [0.05, 0.1) is 17.1 Å². The zero-order valence-electron chi connectivity index (χ0n) is 15.6. The summed E-state index contributed by atoms with van der Waals surface area (Å²) in [7, 11) is 0. The van der Waals surface area contributed by atoms with Crippen LogP contribution in [0.3, 0.4) is 0 Å². The molecule has 4 nitrogen and oxygen atoms in total. The largest absolute Gasteiger partial charge is 0.362 e. The van der Waals surface area contributed by atoms with Crippen molar-refractivity contribution in [2.75, 3.05) is 5.32 Å². The van der Waals surface area contributed by atoms with Crippen molar-refractivity contribution in [2.24, 2.45) is 0 Å². The first-order valence-corrected chi connectivity index (χ1v) is 9.89. The number of imidazole rings is 1. The highest BCUT2D eigenvalue weighted by Crippen LogP contribution is 2.36. The van der Waals surface area contributed by atoms with E-state index in [1.165, 1.54) is 31.2 Å². The standard InChI is InChI=1S/C23H24N4/c1-15(16-9-3-2-4-10-16)24-23-21-20(18-13-7-8-14-19(18)25-23)26-22(27-21)17-11-5-6-12-17/h2-4,7-10,13-15,17H,5-6,11-12H2,1H3,(H,24,25)(H,26,27). The first-order chi connectivity index (χ1) is 13.3. The molecule has 27 heavy (non-hydrogen) atoms. The first-order valence-electron chi connectivity index (χ1n) is 9.89. The Balaban J connectivity index is 1.63. The Bertz CT molecular complexity index is 1080. The molecular weight excluding hydrogens is 332 g/mol. The van der Waals surface area contributed by atoms with Crippen LogP contribution in [-0.4, -0.2) is 15.0 Å². The number of fused-ring (bicyclic) bond motifs is 3. The number of H-pyrrole nitrogens is 1. The Morgan fingerprint density at radius 1 is 0.963 bits per heavy atom. The molecule has 1 fully saturated rings. The second-order valence-electron chi connectivity index (χ2n) is 7.58. The van der Waals surface area contributed by atoms with Gasteiger partial charge in [-0.25, -0.2) is 9.97 Å². The van der Waals surface area contributed by atoms with E-state index in [0.29, 0.717) is 5.92 Å². The summed E-state index contributed by atoms with van der Waals surface area (Å²) in [6.45, 7) is 2.17. The predicted molar refractivity (Wildman–Crippen MR) is 111 cm³/mol. The van der Waals surface area contributed by atoms with E-state index in [0.717, 1.165) is 33.6 Å². The second-order valence-corrected chi connectivity index (χ2v) is 7.58. The number of aromatic amines is 1. The Kier molecular flexibility index (Phi) is 4.04. The molecule has 0 radical (unpaired) electrons. The topological polar surface area (TPSA) is 53.6 Å². The third kappa shape index (κ3) is 2.95. The van der Waals surface area contributed by atoms with Crippen molar-refractivity contribution in [3.63, 3.8) is 0 Å². The predicted octanol–water partition coefficient (Wildman–Crippen LogP) is 5.94. The monoisotopic (exact) mass is 356 g/mol. The lowest BCUT2D eigenvalue weighted by Crippen LogP contribution is -2.08. The summed E-state index contributed by atoms with van der Waals surface area (Å²) in [5.74, 6) is 2.53. The van der Waals surface area contributed by atoms with Crippen LogP contribution in [0.15, 0.2) is 54.6 Å². The minimum absolute atomic E-state index is 0.162. The fraction of sp³-hybridized carbons (Fsp3) is 0.304. The molecule has 2 aromatic heterocycles. The lowest BCUT2D eigenvalue weighted by atomic mass is 10.1. The number of pyridine rings is 1. The maximum absolute atomic E-state index is 5.01. The summed E-state index contributed by atoms with van der Waals surface area (Å²) >= 11 is 0. The quantitative estimate of drug-likeness (QED) is 0.475. The Morgan fingerprint density at radius 3 is 2.52 bits per heavy atom. The highest BCUT2D eigenvalue weighted by molar-refractivity contribution is 6.06. The Labute approximate surface area is 159 Å². The van der Waals surface area contributed by atoms with Gasteiger partial charge in [-0.3, -0.25) is 0 Å². The molecule has 4 heteroatoms. The number of para-hydroxylation sites is 1. The average Bonchev–Trinajstić information content (AvgIpc) is 3.39. The van der Waals surface area contributed by atoms with Gasteiger partial charge in [0.1, 0.15) is 11.3 Å². The summed E-state index contributed by atoms with van der Waals surface area (Å²) < 4.78 is 0. The normalized spacial score (nSPS) is 16.2. The number of nitrogens with one attached hydrogen (secondary N) is 2. The smallest absolute Gasteiger partial charge is 0.155 e. The van der Waals surface area contributed by atoms with Gasteiger partial charge in [-0.05, 0) is 31.4 Å². The molecule has 0 saturated heterocycles. The van der Waals surface area contributed by atoms with Crippen LogP contribution in [0.1, 0.15) is 56.0 Å². The van der Waals surface area contributed by atoms with Gasteiger partial charge in [0.2, 0.25) is 0 Å². The summed E-state index contributed by atoms with van der Waals surface area (Å²) in [5.41, 5.74) is 4.30. The molecular formula is C23H24N4. The summed E-state index contributed by atoms with van der Waals surface area (Å²) in [5, 5.41) is 4.74. The highest BCUT2D eigenvalue weighted by Gasteiger charge is 2.22. The number of anilines is 1. The van der Waals surface area contributed by atoms with Crippen LogP contribution in [-0.2, 0) is 0 Å². The molecule has 2 aromatic carbocycles. The molecule has 2 heterocycles. The molecule has 1 saturated carbocycles. The molecule has 0 bridgehead atoms. The maximum Gasteiger partial charge on any atom is 0.155 e.